The first-order valence-electron chi connectivity index (χ1n) is 15.1. The number of aryl methyl sites for hydroxylation is 1. The highest BCUT2D eigenvalue weighted by Gasteiger charge is 2.42. The quantitative estimate of drug-likeness (QED) is 0.116. The Morgan fingerprint density at radius 3 is 2.37 bits per heavy atom. The van der Waals surface area contributed by atoms with E-state index in [1.54, 1.807) is 22.8 Å². The Hall–Kier alpha value is -5.05. The standard InChI is InChI=1S/C33H32ClF4N7O4/c1-7-24(46)44-17(5)13-43(14-18(44)6)29-19-12-20(34)27(25-21(35)9-8-10-22(25)49-31(47)33(36,37)38)41-30(19)45(32(48)42-29)28-16(4)11-23(39)40-26(28)15(2)3/h7-12,15,17-18H,1,13-14H2,2-6H3,(H2,39,40)/t17-,18+. The zero-order chi connectivity index (χ0) is 36.1. The Morgan fingerprint density at radius 2 is 1.78 bits per heavy atom. The van der Waals surface area contributed by atoms with Gasteiger partial charge >= 0.3 is 17.8 Å². The fraction of sp³-hybridized carbons (Fsp3) is 0.333. The minimum absolute atomic E-state index is 0.0905. The van der Waals surface area contributed by atoms with Crippen LogP contribution in [0.15, 0.2) is 47.8 Å². The molecule has 3 aromatic heterocycles. The Kier molecular flexibility index (Phi) is 9.43. The number of amides is 1. The van der Waals surface area contributed by atoms with Gasteiger partial charge in [0.15, 0.2) is 5.65 Å². The lowest BCUT2D eigenvalue weighted by Crippen LogP contribution is -2.58. The molecule has 1 amide bonds. The number of nitrogens with zero attached hydrogens (tertiary/aromatic N) is 6. The van der Waals surface area contributed by atoms with Crippen LogP contribution in [-0.4, -0.2) is 67.6 Å². The lowest BCUT2D eigenvalue weighted by molar-refractivity contribution is -0.189. The molecule has 49 heavy (non-hydrogen) atoms. The van der Waals surface area contributed by atoms with Gasteiger partial charge in [0.05, 0.1) is 33.0 Å². The first kappa shape index (κ1) is 35.3. The minimum atomic E-state index is -5.38. The molecule has 0 bridgehead atoms. The van der Waals surface area contributed by atoms with Crippen molar-refractivity contribution in [2.24, 2.45) is 0 Å². The number of piperazine rings is 1. The van der Waals surface area contributed by atoms with Crippen molar-refractivity contribution in [2.75, 3.05) is 23.7 Å². The van der Waals surface area contributed by atoms with Crippen LogP contribution >= 0.6 is 11.6 Å². The van der Waals surface area contributed by atoms with Crippen LogP contribution in [0.4, 0.5) is 29.2 Å². The lowest BCUT2D eigenvalue weighted by Gasteiger charge is -2.44. The van der Waals surface area contributed by atoms with E-state index in [0.29, 0.717) is 16.9 Å². The minimum Gasteiger partial charge on any atom is -0.419 e. The molecule has 2 N–H and O–H groups in total. The molecule has 0 aliphatic carbocycles. The van der Waals surface area contributed by atoms with Gasteiger partial charge in [-0.3, -0.25) is 4.79 Å². The van der Waals surface area contributed by atoms with E-state index < -0.39 is 40.7 Å². The molecule has 0 saturated carbocycles. The molecule has 0 radical (unpaired) electrons. The molecule has 1 saturated heterocycles. The van der Waals surface area contributed by atoms with Gasteiger partial charge < -0.3 is 20.3 Å². The number of fused-ring (bicyclic) bond motifs is 1. The van der Waals surface area contributed by atoms with Gasteiger partial charge in [-0.25, -0.2) is 28.5 Å². The Bertz CT molecular complexity index is 2060. The zero-order valence-corrected chi connectivity index (χ0v) is 27.9. The number of hydrogen-bond donors (Lipinski definition) is 1. The number of nitrogen functional groups attached to an aromatic ring is 1. The SMILES string of the molecule is C=CC(=O)N1[C@H](C)CN(c2nc(=O)n(-c3c(C)cc(N)nc3C(C)C)c3nc(-c4c(F)cccc4OC(=O)C(F)(F)F)c(Cl)cc23)C[C@@H]1C. The van der Waals surface area contributed by atoms with Gasteiger partial charge in [0.25, 0.3) is 0 Å². The maximum atomic E-state index is 15.5. The third-order valence-corrected chi connectivity index (χ3v) is 8.38. The van der Waals surface area contributed by atoms with Crippen LogP contribution in [-0.2, 0) is 9.59 Å². The first-order chi connectivity index (χ1) is 22.9. The third kappa shape index (κ3) is 6.54. The summed E-state index contributed by atoms with van der Waals surface area (Å²) in [7, 11) is 0. The van der Waals surface area contributed by atoms with E-state index in [9.17, 15) is 27.6 Å². The van der Waals surface area contributed by atoms with Crippen LogP contribution in [0.25, 0.3) is 28.0 Å². The third-order valence-electron chi connectivity index (χ3n) is 8.10. The van der Waals surface area contributed by atoms with Crippen molar-refractivity contribution in [1.82, 2.24) is 24.4 Å². The summed E-state index contributed by atoms with van der Waals surface area (Å²) >= 11 is 6.71. The average Bonchev–Trinajstić information content (AvgIpc) is 3.00. The van der Waals surface area contributed by atoms with Crippen LogP contribution in [0.3, 0.4) is 0 Å². The number of benzene rings is 1. The summed E-state index contributed by atoms with van der Waals surface area (Å²) in [6.07, 6.45) is -4.16. The van der Waals surface area contributed by atoms with Crippen molar-refractivity contribution in [3.05, 3.63) is 75.6 Å². The van der Waals surface area contributed by atoms with Gasteiger partial charge in [-0.2, -0.15) is 18.2 Å². The molecule has 1 aliphatic heterocycles. The van der Waals surface area contributed by atoms with Crippen LogP contribution in [0.1, 0.15) is 44.9 Å². The Morgan fingerprint density at radius 1 is 1.12 bits per heavy atom. The number of pyridine rings is 2. The summed E-state index contributed by atoms with van der Waals surface area (Å²) < 4.78 is 60.8. The van der Waals surface area contributed by atoms with E-state index in [0.717, 1.165) is 18.2 Å². The van der Waals surface area contributed by atoms with Gasteiger partial charge in [-0.15, -0.1) is 0 Å². The second-order valence-electron chi connectivity index (χ2n) is 12.0. The number of ether oxygens (including phenoxy) is 1. The highest BCUT2D eigenvalue weighted by Crippen LogP contribution is 2.40. The fourth-order valence-electron chi connectivity index (χ4n) is 6.15. The summed E-state index contributed by atoms with van der Waals surface area (Å²) in [6, 6.07) is 5.20. The normalized spacial score (nSPS) is 16.7. The highest BCUT2D eigenvalue weighted by molar-refractivity contribution is 6.34. The predicted molar refractivity (Wildman–Crippen MR) is 176 cm³/mol. The van der Waals surface area contributed by atoms with Crippen molar-refractivity contribution in [3.63, 3.8) is 0 Å². The number of anilines is 2. The number of nitrogens with two attached hydrogens (primary N) is 1. The molecule has 4 aromatic rings. The van der Waals surface area contributed by atoms with Crippen molar-refractivity contribution in [1.29, 1.82) is 0 Å². The smallest absolute Gasteiger partial charge is 0.419 e. The van der Waals surface area contributed by atoms with Crippen molar-refractivity contribution >= 4 is 46.1 Å². The molecular weight excluding hydrogens is 670 g/mol. The predicted octanol–water partition coefficient (Wildman–Crippen LogP) is 5.73. The molecule has 1 aromatic carbocycles. The number of carbonyl (C=O) groups excluding carboxylic acids is 2. The summed E-state index contributed by atoms with van der Waals surface area (Å²) in [5, 5.41) is -0.0136. The van der Waals surface area contributed by atoms with Crippen LogP contribution in [0, 0.1) is 12.7 Å². The first-order valence-corrected chi connectivity index (χ1v) is 15.5. The number of esters is 1. The van der Waals surface area contributed by atoms with Gasteiger partial charge in [0.2, 0.25) is 5.91 Å². The monoisotopic (exact) mass is 701 g/mol. The lowest BCUT2D eigenvalue weighted by atomic mass is 10.0. The van der Waals surface area contributed by atoms with E-state index in [1.165, 1.54) is 16.7 Å². The molecule has 258 valence electrons. The van der Waals surface area contributed by atoms with Gasteiger partial charge in [0.1, 0.15) is 23.2 Å². The van der Waals surface area contributed by atoms with Crippen LogP contribution < -0.4 is 21.1 Å². The Labute approximate surface area is 283 Å². The summed E-state index contributed by atoms with van der Waals surface area (Å²) in [5.41, 5.74) is 5.35. The molecule has 2 atom stereocenters. The van der Waals surface area contributed by atoms with E-state index in [1.807, 2.05) is 27.7 Å². The van der Waals surface area contributed by atoms with Crippen molar-refractivity contribution in [3.8, 4) is 22.7 Å². The molecular formula is C33H32ClF4N7O4. The van der Waals surface area contributed by atoms with E-state index >= 15 is 4.39 Å². The number of hydrogen-bond acceptors (Lipinski definition) is 9. The largest absolute Gasteiger partial charge is 0.491 e. The molecule has 1 aliphatic rings. The number of halogens is 5. The van der Waals surface area contributed by atoms with Crippen LogP contribution in [0.5, 0.6) is 5.75 Å². The summed E-state index contributed by atoms with van der Waals surface area (Å²) in [5.74, 6) is -4.64. The molecule has 16 heteroatoms. The number of aromatic nitrogens is 4. The fourth-order valence-corrected chi connectivity index (χ4v) is 6.39. The van der Waals surface area contributed by atoms with E-state index in [-0.39, 0.29) is 64.7 Å². The average molecular weight is 702 g/mol. The number of alkyl halides is 3. The Balaban J connectivity index is 1.84. The molecule has 4 heterocycles. The van der Waals surface area contributed by atoms with Crippen LogP contribution in [0.2, 0.25) is 5.02 Å². The topological polar surface area (TPSA) is 137 Å². The molecule has 5 rings (SSSR count). The number of carbonyl (C=O) groups is 2. The molecule has 11 nitrogen and oxygen atoms in total. The molecule has 0 unspecified atom stereocenters. The molecule has 1 fully saturated rings. The van der Waals surface area contributed by atoms with Gasteiger partial charge in [-0.05, 0) is 62.6 Å². The van der Waals surface area contributed by atoms with Gasteiger partial charge in [0, 0.05) is 25.2 Å². The maximum absolute atomic E-state index is 15.5. The second-order valence-corrected chi connectivity index (χ2v) is 12.5. The summed E-state index contributed by atoms with van der Waals surface area (Å²) in [6.45, 7) is 13.1. The zero-order valence-electron chi connectivity index (χ0n) is 27.1. The summed E-state index contributed by atoms with van der Waals surface area (Å²) in [4.78, 5) is 55.5. The van der Waals surface area contributed by atoms with Crippen molar-refractivity contribution < 1.29 is 31.9 Å². The van der Waals surface area contributed by atoms with E-state index in [2.05, 4.69) is 26.3 Å². The van der Waals surface area contributed by atoms with E-state index in [4.69, 9.17) is 17.3 Å². The highest BCUT2D eigenvalue weighted by atomic mass is 35.5. The number of rotatable bonds is 6. The second kappa shape index (κ2) is 13.1. The molecule has 0 spiro atoms. The maximum Gasteiger partial charge on any atom is 0.491 e. The van der Waals surface area contributed by atoms with Gasteiger partial charge in [-0.1, -0.05) is 38.1 Å². The van der Waals surface area contributed by atoms with Crippen molar-refractivity contribution in [2.45, 2.75) is 58.8 Å².